The molecule has 1 aliphatic rings. The molecule has 2 heteroatoms. The molecule has 0 aliphatic heterocycles. The zero-order valence-corrected chi connectivity index (χ0v) is 8.32. The fraction of sp³-hybridized carbons (Fsp3) is 0.417. The minimum atomic E-state index is 0.821. The lowest BCUT2D eigenvalue weighted by Gasteiger charge is -1.97. The zero-order valence-electron chi connectivity index (χ0n) is 8.32. The first-order valence-electron chi connectivity index (χ1n) is 5.25. The number of pyridine rings is 1. The third-order valence-electron chi connectivity index (χ3n) is 2.32. The van der Waals surface area contributed by atoms with Gasteiger partial charge >= 0.3 is 0 Å². The van der Waals surface area contributed by atoms with Crippen LogP contribution in [0.5, 0.6) is 0 Å². The summed E-state index contributed by atoms with van der Waals surface area (Å²) in [6, 6.07) is 4.85. The van der Waals surface area contributed by atoms with Gasteiger partial charge in [-0.2, -0.15) is 0 Å². The Kier molecular flexibility index (Phi) is 3.30. The summed E-state index contributed by atoms with van der Waals surface area (Å²) in [5, 5.41) is 3.48. The summed E-state index contributed by atoms with van der Waals surface area (Å²) < 4.78 is 0. The predicted octanol–water partition coefficient (Wildman–Crippen LogP) is 2.24. The van der Waals surface area contributed by atoms with Gasteiger partial charge in [0.2, 0.25) is 0 Å². The molecule has 1 fully saturated rings. The standard InChI is InChI=1S/C12H16N2/c1(2-9-14-12-6-7-12)4-11-5-3-8-13-10-11/h1,3-5,8,10,12,14H,2,6-7,9H2. The minimum absolute atomic E-state index is 0.821. The number of nitrogens with one attached hydrogen (secondary N) is 1. The quantitative estimate of drug-likeness (QED) is 0.717. The Morgan fingerprint density at radius 1 is 1.50 bits per heavy atom. The first-order valence-corrected chi connectivity index (χ1v) is 5.25. The molecular weight excluding hydrogens is 172 g/mol. The van der Waals surface area contributed by atoms with E-state index < -0.39 is 0 Å². The molecule has 0 aromatic carbocycles. The Morgan fingerprint density at radius 3 is 3.14 bits per heavy atom. The molecule has 0 radical (unpaired) electrons. The van der Waals surface area contributed by atoms with Gasteiger partial charge in [-0.05, 0) is 37.4 Å². The molecule has 1 aliphatic carbocycles. The Balaban J connectivity index is 1.66. The lowest BCUT2D eigenvalue weighted by atomic mass is 10.2. The molecule has 1 aromatic heterocycles. The van der Waals surface area contributed by atoms with Gasteiger partial charge in [-0.1, -0.05) is 18.2 Å². The van der Waals surface area contributed by atoms with Crippen LogP contribution in [0, 0.1) is 0 Å². The van der Waals surface area contributed by atoms with Crippen molar-refractivity contribution < 1.29 is 0 Å². The number of hydrogen-bond donors (Lipinski definition) is 1. The van der Waals surface area contributed by atoms with E-state index >= 15 is 0 Å². The largest absolute Gasteiger partial charge is 0.314 e. The number of rotatable bonds is 5. The van der Waals surface area contributed by atoms with Gasteiger partial charge in [0.25, 0.3) is 0 Å². The van der Waals surface area contributed by atoms with Crippen molar-refractivity contribution in [1.29, 1.82) is 0 Å². The molecule has 0 atom stereocenters. The minimum Gasteiger partial charge on any atom is -0.314 e. The summed E-state index contributed by atoms with van der Waals surface area (Å²) in [5.41, 5.74) is 1.18. The summed E-state index contributed by atoms with van der Waals surface area (Å²) in [5.74, 6) is 0. The highest BCUT2D eigenvalue weighted by atomic mass is 14.9. The van der Waals surface area contributed by atoms with Crippen molar-refractivity contribution in [3.63, 3.8) is 0 Å². The van der Waals surface area contributed by atoms with E-state index in [1.54, 1.807) is 6.20 Å². The molecule has 0 unspecified atom stereocenters. The van der Waals surface area contributed by atoms with Crippen LogP contribution in [0.1, 0.15) is 24.8 Å². The summed E-state index contributed by atoms with van der Waals surface area (Å²) >= 11 is 0. The van der Waals surface area contributed by atoms with Crippen LogP contribution in [0.3, 0.4) is 0 Å². The maximum Gasteiger partial charge on any atom is 0.0340 e. The van der Waals surface area contributed by atoms with Crippen molar-refractivity contribution in [1.82, 2.24) is 10.3 Å². The SMILES string of the molecule is C(=Cc1cccnc1)CCNC1CC1. The average molecular weight is 188 g/mol. The van der Waals surface area contributed by atoms with Crippen LogP contribution in [-0.2, 0) is 0 Å². The van der Waals surface area contributed by atoms with Gasteiger partial charge in [0.1, 0.15) is 0 Å². The van der Waals surface area contributed by atoms with E-state index in [2.05, 4.69) is 28.5 Å². The molecule has 1 saturated carbocycles. The highest BCUT2D eigenvalue weighted by molar-refractivity contribution is 5.47. The summed E-state index contributed by atoms with van der Waals surface area (Å²) in [7, 11) is 0. The normalized spacial score (nSPS) is 16.3. The van der Waals surface area contributed by atoms with Gasteiger partial charge in [0.15, 0.2) is 0 Å². The third-order valence-corrected chi connectivity index (χ3v) is 2.32. The van der Waals surface area contributed by atoms with E-state index in [-0.39, 0.29) is 0 Å². The molecule has 2 rings (SSSR count). The van der Waals surface area contributed by atoms with Crippen molar-refractivity contribution in [3.8, 4) is 0 Å². The van der Waals surface area contributed by atoms with E-state index in [4.69, 9.17) is 0 Å². The summed E-state index contributed by atoms with van der Waals surface area (Å²) in [6.45, 7) is 1.10. The van der Waals surface area contributed by atoms with Crippen LogP contribution in [0.15, 0.2) is 30.6 Å². The lowest BCUT2D eigenvalue weighted by Crippen LogP contribution is -2.16. The molecular formula is C12H16N2. The lowest BCUT2D eigenvalue weighted by molar-refractivity contribution is 0.691. The van der Waals surface area contributed by atoms with Crippen LogP contribution in [0.25, 0.3) is 6.08 Å². The molecule has 1 aromatic rings. The number of hydrogen-bond acceptors (Lipinski definition) is 2. The average Bonchev–Trinajstić information content (AvgIpc) is 3.03. The van der Waals surface area contributed by atoms with Crippen LogP contribution in [0.4, 0.5) is 0 Å². The van der Waals surface area contributed by atoms with E-state index in [1.165, 1.54) is 18.4 Å². The van der Waals surface area contributed by atoms with Crippen molar-refractivity contribution in [2.24, 2.45) is 0 Å². The Morgan fingerprint density at radius 2 is 2.43 bits per heavy atom. The van der Waals surface area contributed by atoms with E-state index in [0.29, 0.717) is 0 Å². The van der Waals surface area contributed by atoms with Crippen LogP contribution in [0.2, 0.25) is 0 Å². The maximum absolute atomic E-state index is 4.05. The van der Waals surface area contributed by atoms with Gasteiger partial charge in [-0.3, -0.25) is 4.98 Å². The first-order chi connectivity index (χ1) is 6.95. The van der Waals surface area contributed by atoms with Crippen molar-refractivity contribution in [2.45, 2.75) is 25.3 Å². The van der Waals surface area contributed by atoms with Crippen molar-refractivity contribution >= 4 is 6.08 Å². The Bertz CT molecular complexity index is 288. The van der Waals surface area contributed by atoms with E-state index in [9.17, 15) is 0 Å². The summed E-state index contributed by atoms with van der Waals surface area (Å²) in [6.07, 6.45) is 11.8. The molecule has 0 bridgehead atoms. The monoisotopic (exact) mass is 188 g/mol. The second-order valence-corrected chi connectivity index (χ2v) is 3.71. The topological polar surface area (TPSA) is 24.9 Å². The second kappa shape index (κ2) is 4.91. The van der Waals surface area contributed by atoms with E-state index in [0.717, 1.165) is 19.0 Å². The molecule has 0 spiro atoms. The fourth-order valence-corrected chi connectivity index (χ4v) is 1.35. The molecule has 1 N–H and O–H groups in total. The maximum atomic E-state index is 4.05. The van der Waals surface area contributed by atoms with Gasteiger partial charge < -0.3 is 5.32 Å². The predicted molar refractivity (Wildman–Crippen MR) is 58.9 cm³/mol. The second-order valence-electron chi connectivity index (χ2n) is 3.71. The molecule has 2 nitrogen and oxygen atoms in total. The molecule has 0 amide bonds. The van der Waals surface area contributed by atoms with Gasteiger partial charge in [0, 0.05) is 18.4 Å². The molecule has 74 valence electrons. The highest BCUT2D eigenvalue weighted by Crippen LogP contribution is 2.18. The van der Waals surface area contributed by atoms with Crippen molar-refractivity contribution in [3.05, 3.63) is 36.2 Å². The smallest absolute Gasteiger partial charge is 0.0340 e. The highest BCUT2D eigenvalue weighted by Gasteiger charge is 2.19. The van der Waals surface area contributed by atoms with Crippen LogP contribution < -0.4 is 5.32 Å². The Hall–Kier alpha value is -1.15. The fourth-order valence-electron chi connectivity index (χ4n) is 1.35. The molecule has 0 saturated heterocycles. The van der Waals surface area contributed by atoms with E-state index in [1.807, 2.05) is 12.3 Å². The summed E-state index contributed by atoms with van der Waals surface area (Å²) in [4.78, 5) is 4.05. The Labute approximate surface area is 85.1 Å². The van der Waals surface area contributed by atoms with Crippen LogP contribution in [-0.4, -0.2) is 17.6 Å². The van der Waals surface area contributed by atoms with Gasteiger partial charge in [0.05, 0.1) is 0 Å². The molecule has 1 heterocycles. The third kappa shape index (κ3) is 3.30. The number of aromatic nitrogens is 1. The van der Waals surface area contributed by atoms with Crippen molar-refractivity contribution in [2.75, 3.05) is 6.54 Å². The van der Waals surface area contributed by atoms with Gasteiger partial charge in [-0.25, -0.2) is 0 Å². The molecule has 14 heavy (non-hydrogen) atoms. The van der Waals surface area contributed by atoms with Crippen LogP contribution >= 0.6 is 0 Å². The number of nitrogens with zero attached hydrogens (tertiary/aromatic N) is 1. The first kappa shape index (κ1) is 9.41. The zero-order chi connectivity index (χ0) is 9.64. The van der Waals surface area contributed by atoms with Gasteiger partial charge in [-0.15, -0.1) is 0 Å².